The zero-order chi connectivity index (χ0) is 13.5. The smallest absolute Gasteiger partial charge is 0.435 e. The van der Waals surface area contributed by atoms with Crippen LogP contribution in [0.25, 0.3) is 10.9 Å². The van der Waals surface area contributed by atoms with Crippen LogP contribution < -0.4 is 5.73 Å². The van der Waals surface area contributed by atoms with Crippen molar-refractivity contribution in [3.8, 4) is 0 Å². The lowest BCUT2D eigenvalue weighted by Crippen LogP contribution is -2.27. The van der Waals surface area contributed by atoms with E-state index < -0.39 is 17.5 Å². The molecule has 5 nitrogen and oxygen atoms in total. The molecule has 0 saturated carbocycles. The Kier molecular flexibility index (Phi) is 2.73. The summed E-state index contributed by atoms with van der Waals surface area (Å²) >= 11 is 0. The topological polar surface area (TPSA) is 70.1 Å². The van der Waals surface area contributed by atoms with Gasteiger partial charge in [-0.15, -0.1) is 0 Å². The van der Waals surface area contributed by atoms with Crippen molar-refractivity contribution in [3.05, 3.63) is 24.1 Å². The number of carbonyl (C=O) groups is 1. The van der Waals surface area contributed by atoms with Crippen molar-refractivity contribution in [3.63, 3.8) is 0 Å². The number of anilines is 1. The third-order valence-electron chi connectivity index (χ3n) is 2.28. The van der Waals surface area contributed by atoms with Gasteiger partial charge in [0.2, 0.25) is 0 Å². The molecule has 0 aliphatic carbocycles. The normalized spacial score (nSPS) is 11.8. The molecule has 0 bridgehead atoms. The van der Waals surface area contributed by atoms with Crippen molar-refractivity contribution in [2.24, 2.45) is 0 Å². The van der Waals surface area contributed by atoms with Crippen molar-refractivity contribution in [1.29, 1.82) is 0 Å². The molecule has 0 amide bonds. The first kappa shape index (κ1) is 12.3. The van der Waals surface area contributed by atoms with Gasteiger partial charge in [0.15, 0.2) is 5.82 Å². The minimum Gasteiger partial charge on any atom is -0.442 e. The highest BCUT2D eigenvalue weighted by Crippen LogP contribution is 2.23. The molecular weight excluding hydrogens is 237 g/mol. The zero-order valence-corrected chi connectivity index (χ0v) is 10.4. The van der Waals surface area contributed by atoms with Crippen molar-refractivity contribution in [2.75, 3.05) is 5.73 Å². The van der Waals surface area contributed by atoms with Crippen LogP contribution in [0.1, 0.15) is 20.8 Å². The second kappa shape index (κ2) is 3.97. The molecule has 18 heavy (non-hydrogen) atoms. The van der Waals surface area contributed by atoms with Crippen LogP contribution in [-0.4, -0.2) is 21.5 Å². The fourth-order valence-corrected chi connectivity index (χ4v) is 1.54. The van der Waals surface area contributed by atoms with Gasteiger partial charge in [0.05, 0.1) is 22.8 Å². The van der Waals surface area contributed by atoms with Gasteiger partial charge in [-0.05, 0) is 32.9 Å². The van der Waals surface area contributed by atoms with Crippen LogP contribution in [0, 0.1) is 5.82 Å². The number of hydrogen-bond acceptors (Lipinski definition) is 4. The first-order valence-corrected chi connectivity index (χ1v) is 5.44. The number of rotatable bonds is 0. The summed E-state index contributed by atoms with van der Waals surface area (Å²) in [5.41, 5.74) is 5.16. The summed E-state index contributed by atoms with van der Waals surface area (Å²) in [5, 5.41) is 4.02. The predicted molar refractivity (Wildman–Crippen MR) is 65.7 cm³/mol. The Hall–Kier alpha value is -2.11. The molecule has 0 aliphatic heterocycles. The van der Waals surface area contributed by atoms with Crippen molar-refractivity contribution in [2.45, 2.75) is 26.4 Å². The molecule has 0 unspecified atom stereocenters. The average molecular weight is 251 g/mol. The number of nitrogens with two attached hydrogens (primary N) is 1. The maximum atomic E-state index is 13.7. The predicted octanol–water partition coefficient (Wildman–Crippen LogP) is 2.54. The van der Waals surface area contributed by atoms with Gasteiger partial charge >= 0.3 is 6.09 Å². The highest BCUT2D eigenvalue weighted by atomic mass is 19.1. The van der Waals surface area contributed by atoms with Crippen LogP contribution >= 0.6 is 0 Å². The molecule has 1 aromatic heterocycles. The number of ether oxygens (including phenoxy) is 1. The monoisotopic (exact) mass is 251 g/mol. The number of carbonyl (C=O) groups excluding carboxylic acids is 1. The highest BCUT2D eigenvalue weighted by Gasteiger charge is 2.21. The molecule has 0 saturated heterocycles. The van der Waals surface area contributed by atoms with Gasteiger partial charge in [-0.1, -0.05) is 0 Å². The van der Waals surface area contributed by atoms with E-state index in [-0.39, 0.29) is 11.1 Å². The summed E-state index contributed by atoms with van der Waals surface area (Å²) in [6, 6.07) is 2.92. The first-order valence-electron chi connectivity index (χ1n) is 5.44. The Balaban J connectivity index is 2.48. The van der Waals surface area contributed by atoms with Crippen molar-refractivity contribution < 1.29 is 13.9 Å². The van der Waals surface area contributed by atoms with Gasteiger partial charge in [0, 0.05) is 0 Å². The SMILES string of the molecule is CC(C)(C)OC(=O)n1ncc2c(F)c(N)ccc21. The molecule has 6 heteroatoms. The Labute approximate surface area is 103 Å². The third-order valence-corrected chi connectivity index (χ3v) is 2.28. The van der Waals surface area contributed by atoms with Crippen LogP contribution in [-0.2, 0) is 4.74 Å². The quantitative estimate of drug-likeness (QED) is 0.730. The molecule has 1 aromatic carbocycles. The largest absolute Gasteiger partial charge is 0.442 e. The molecule has 96 valence electrons. The fraction of sp³-hybridized carbons (Fsp3) is 0.333. The summed E-state index contributed by atoms with van der Waals surface area (Å²) < 4.78 is 19.9. The van der Waals surface area contributed by atoms with E-state index in [4.69, 9.17) is 10.5 Å². The van der Waals surface area contributed by atoms with Gasteiger partial charge in [-0.2, -0.15) is 9.78 Å². The molecule has 0 radical (unpaired) electrons. The number of aromatic nitrogens is 2. The number of nitrogens with zero attached hydrogens (tertiary/aromatic N) is 2. The van der Waals surface area contributed by atoms with E-state index in [2.05, 4.69) is 5.10 Å². The maximum Gasteiger partial charge on any atom is 0.435 e. The lowest BCUT2D eigenvalue weighted by Gasteiger charge is -2.19. The Bertz CT molecular complexity index is 614. The van der Waals surface area contributed by atoms with Crippen molar-refractivity contribution in [1.82, 2.24) is 9.78 Å². The number of hydrogen-bond donors (Lipinski definition) is 1. The Morgan fingerprint density at radius 1 is 1.44 bits per heavy atom. The van der Waals surface area contributed by atoms with Crippen LogP contribution in [0.15, 0.2) is 18.3 Å². The van der Waals surface area contributed by atoms with E-state index in [1.54, 1.807) is 20.8 Å². The fourth-order valence-electron chi connectivity index (χ4n) is 1.54. The molecule has 0 aliphatic rings. The van der Waals surface area contributed by atoms with E-state index in [1.165, 1.54) is 18.3 Å². The zero-order valence-electron chi connectivity index (χ0n) is 10.4. The van der Waals surface area contributed by atoms with Crippen LogP contribution in [0.5, 0.6) is 0 Å². The second-order valence-electron chi connectivity index (χ2n) is 4.94. The van der Waals surface area contributed by atoms with Crippen LogP contribution in [0.2, 0.25) is 0 Å². The van der Waals surface area contributed by atoms with Crippen molar-refractivity contribution >= 4 is 22.7 Å². The third kappa shape index (κ3) is 2.13. The van der Waals surface area contributed by atoms with Gasteiger partial charge in [-0.3, -0.25) is 0 Å². The summed E-state index contributed by atoms with van der Waals surface area (Å²) in [4.78, 5) is 11.9. The van der Waals surface area contributed by atoms with Gasteiger partial charge in [0.1, 0.15) is 5.60 Å². The summed E-state index contributed by atoms with van der Waals surface area (Å²) in [6.07, 6.45) is 0.604. The lowest BCUT2D eigenvalue weighted by atomic mass is 10.2. The van der Waals surface area contributed by atoms with Gasteiger partial charge in [-0.25, -0.2) is 9.18 Å². The standard InChI is InChI=1S/C12H14FN3O2/c1-12(2,3)18-11(17)16-9-5-4-8(14)10(13)7(9)6-15-16/h4-6H,14H2,1-3H3. The first-order chi connectivity index (χ1) is 8.29. The van der Waals surface area contributed by atoms with E-state index >= 15 is 0 Å². The van der Waals surface area contributed by atoms with E-state index in [9.17, 15) is 9.18 Å². The number of benzene rings is 1. The van der Waals surface area contributed by atoms with Gasteiger partial charge in [0.25, 0.3) is 0 Å². The molecule has 2 rings (SSSR count). The second-order valence-corrected chi connectivity index (χ2v) is 4.94. The van der Waals surface area contributed by atoms with Gasteiger partial charge < -0.3 is 10.5 Å². The minimum absolute atomic E-state index is 0.0197. The summed E-state index contributed by atoms with van der Waals surface area (Å²) in [6.45, 7) is 5.24. The number of nitrogen functional groups attached to an aromatic ring is 1. The van der Waals surface area contributed by atoms with E-state index in [0.717, 1.165) is 4.68 Å². The Morgan fingerprint density at radius 2 is 2.11 bits per heavy atom. The molecule has 0 spiro atoms. The average Bonchev–Trinajstić information content (AvgIpc) is 2.65. The molecule has 0 atom stereocenters. The molecule has 0 fully saturated rings. The minimum atomic E-state index is -0.651. The molecule has 2 aromatic rings. The number of halogens is 1. The lowest BCUT2D eigenvalue weighted by molar-refractivity contribution is 0.0523. The van der Waals surface area contributed by atoms with Crippen LogP contribution in [0.4, 0.5) is 14.9 Å². The van der Waals surface area contributed by atoms with Crippen LogP contribution in [0.3, 0.4) is 0 Å². The summed E-state index contributed by atoms with van der Waals surface area (Å²) in [5.74, 6) is -0.581. The number of fused-ring (bicyclic) bond motifs is 1. The van der Waals surface area contributed by atoms with E-state index in [1.807, 2.05) is 0 Å². The molecule has 2 N–H and O–H groups in total. The maximum absolute atomic E-state index is 13.7. The highest BCUT2D eigenvalue weighted by molar-refractivity contribution is 5.89. The van der Waals surface area contributed by atoms with E-state index in [0.29, 0.717) is 5.52 Å². The molecular formula is C12H14FN3O2. The Morgan fingerprint density at radius 3 is 2.72 bits per heavy atom. The molecule has 1 heterocycles. The summed E-state index contributed by atoms with van der Waals surface area (Å²) in [7, 11) is 0.